The number of methoxy groups -OCH3 is 1. The average Bonchev–Trinajstić information content (AvgIpc) is 2.50. The summed E-state index contributed by atoms with van der Waals surface area (Å²) in [5.41, 5.74) is 0. The third-order valence-corrected chi connectivity index (χ3v) is 4.56. The van der Waals surface area contributed by atoms with Crippen molar-refractivity contribution in [1.29, 1.82) is 0 Å². The first-order valence-corrected chi connectivity index (χ1v) is 7.88. The number of ether oxygens (including phenoxy) is 2. The molecule has 1 heterocycles. The minimum atomic E-state index is -0.612. The van der Waals surface area contributed by atoms with E-state index in [0.717, 1.165) is 0 Å². The Morgan fingerprint density at radius 3 is 2.65 bits per heavy atom. The Kier molecular flexibility index (Phi) is 6.49. The van der Waals surface area contributed by atoms with Crippen LogP contribution < -0.4 is 0 Å². The number of aliphatic hydroxyl groups excluding tert-OH is 2. The van der Waals surface area contributed by atoms with Gasteiger partial charge >= 0.3 is 0 Å². The first-order chi connectivity index (χ1) is 9.74. The van der Waals surface area contributed by atoms with Crippen molar-refractivity contribution in [1.82, 2.24) is 0 Å². The Balaban J connectivity index is 1.84. The molecule has 116 valence electrons. The van der Waals surface area contributed by atoms with Crippen LogP contribution in [-0.2, 0) is 9.47 Å². The van der Waals surface area contributed by atoms with Gasteiger partial charge in [-0.25, -0.2) is 0 Å². The van der Waals surface area contributed by atoms with E-state index in [1.807, 2.05) is 0 Å². The number of rotatable bonds is 5. The number of hydrogen-bond acceptors (Lipinski definition) is 4. The van der Waals surface area contributed by atoms with Crippen LogP contribution in [0.3, 0.4) is 0 Å². The van der Waals surface area contributed by atoms with E-state index in [9.17, 15) is 10.2 Å². The Hall–Kier alpha value is -0.420. The predicted molar refractivity (Wildman–Crippen MR) is 77.5 cm³/mol. The second-order valence-electron chi connectivity index (χ2n) is 6.04. The summed E-state index contributed by atoms with van der Waals surface area (Å²) >= 11 is 0. The van der Waals surface area contributed by atoms with Crippen molar-refractivity contribution in [3.63, 3.8) is 0 Å². The van der Waals surface area contributed by atoms with Gasteiger partial charge < -0.3 is 19.7 Å². The van der Waals surface area contributed by atoms with Gasteiger partial charge in [-0.1, -0.05) is 31.4 Å². The molecular formula is C16H28O4. The van der Waals surface area contributed by atoms with Gasteiger partial charge in [-0.05, 0) is 25.2 Å². The normalized spacial score (nSPS) is 36.5. The van der Waals surface area contributed by atoms with Gasteiger partial charge in [-0.15, -0.1) is 0 Å². The Morgan fingerprint density at radius 2 is 2.00 bits per heavy atom. The van der Waals surface area contributed by atoms with Crippen molar-refractivity contribution in [2.24, 2.45) is 5.92 Å². The zero-order valence-electron chi connectivity index (χ0n) is 12.4. The molecule has 0 radical (unpaired) electrons. The summed E-state index contributed by atoms with van der Waals surface area (Å²) in [6, 6.07) is 0. The Morgan fingerprint density at radius 1 is 1.25 bits per heavy atom. The summed E-state index contributed by atoms with van der Waals surface area (Å²) in [6.45, 7) is -0.0184. The van der Waals surface area contributed by atoms with E-state index in [2.05, 4.69) is 12.2 Å². The second kappa shape index (κ2) is 8.13. The fraction of sp³-hybridized carbons (Fsp3) is 0.875. The summed E-state index contributed by atoms with van der Waals surface area (Å²) in [5.74, 6) is 0.691. The van der Waals surface area contributed by atoms with E-state index >= 15 is 0 Å². The highest BCUT2D eigenvalue weighted by molar-refractivity contribution is 4.95. The van der Waals surface area contributed by atoms with Crippen LogP contribution in [-0.4, -0.2) is 48.3 Å². The molecule has 4 nitrogen and oxygen atoms in total. The summed E-state index contributed by atoms with van der Waals surface area (Å²) in [5, 5.41) is 19.5. The maximum absolute atomic E-state index is 10.2. The Bertz CT molecular complexity index is 299. The third-order valence-electron chi connectivity index (χ3n) is 4.56. The highest BCUT2D eigenvalue weighted by Crippen LogP contribution is 2.27. The molecule has 2 rings (SSSR count). The molecule has 0 aromatic carbocycles. The van der Waals surface area contributed by atoms with E-state index < -0.39 is 6.10 Å². The molecule has 0 bridgehead atoms. The molecule has 1 saturated heterocycles. The zero-order valence-corrected chi connectivity index (χ0v) is 12.4. The zero-order chi connectivity index (χ0) is 14.4. The van der Waals surface area contributed by atoms with Crippen molar-refractivity contribution >= 4 is 0 Å². The van der Waals surface area contributed by atoms with Gasteiger partial charge in [-0.2, -0.15) is 0 Å². The monoisotopic (exact) mass is 284 g/mol. The van der Waals surface area contributed by atoms with Crippen LogP contribution in [0.4, 0.5) is 0 Å². The number of allylic oxidation sites excluding steroid dienone is 1. The van der Waals surface area contributed by atoms with Crippen molar-refractivity contribution in [3.8, 4) is 0 Å². The summed E-state index contributed by atoms with van der Waals surface area (Å²) in [4.78, 5) is 0. The predicted octanol–water partition coefficient (Wildman–Crippen LogP) is 2.04. The number of hydrogen-bond donors (Lipinski definition) is 2. The van der Waals surface area contributed by atoms with Crippen molar-refractivity contribution in [2.75, 3.05) is 13.7 Å². The maximum Gasteiger partial charge on any atom is 0.107 e. The molecule has 4 heteroatoms. The van der Waals surface area contributed by atoms with E-state index in [-0.39, 0.29) is 24.9 Å². The molecule has 1 aliphatic carbocycles. The Labute approximate surface area is 121 Å². The lowest BCUT2D eigenvalue weighted by atomic mass is 9.88. The number of aliphatic hydroxyl groups is 2. The van der Waals surface area contributed by atoms with Gasteiger partial charge in [0.05, 0.1) is 24.9 Å². The molecule has 0 aromatic heterocycles. The lowest BCUT2D eigenvalue weighted by molar-refractivity contribution is -0.182. The molecular weight excluding hydrogens is 256 g/mol. The lowest BCUT2D eigenvalue weighted by Crippen LogP contribution is -2.49. The molecule has 0 amide bonds. The molecule has 0 spiro atoms. The lowest BCUT2D eigenvalue weighted by Gasteiger charge is -2.38. The topological polar surface area (TPSA) is 58.9 Å². The van der Waals surface area contributed by atoms with Crippen LogP contribution in [0.25, 0.3) is 0 Å². The van der Waals surface area contributed by atoms with Gasteiger partial charge in [0.1, 0.15) is 6.10 Å². The highest BCUT2D eigenvalue weighted by Gasteiger charge is 2.36. The van der Waals surface area contributed by atoms with Crippen LogP contribution in [0.5, 0.6) is 0 Å². The molecule has 3 unspecified atom stereocenters. The maximum atomic E-state index is 10.2. The first kappa shape index (κ1) is 16.0. The van der Waals surface area contributed by atoms with Crippen LogP contribution in [0.15, 0.2) is 12.2 Å². The standard InChI is InChI=1S/C16H28O4/c1-19-15-10-13(11-17)20-14(16(15)18)9-5-8-12-6-3-2-4-7-12/h5,8,12-18H,2-4,6-7,9-11H2,1H3/b8-5+/t13?,14-,15?,16?/m1/s1. The van der Waals surface area contributed by atoms with Crippen molar-refractivity contribution in [2.45, 2.75) is 69.4 Å². The van der Waals surface area contributed by atoms with Crippen LogP contribution >= 0.6 is 0 Å². The van der Waals surface area contributed by atoms with Gasteiger partial charge in [0.15, 0.2) is 0 Å². The fourth-order valence-corrected chi connectivity index (χ4v) is 3.30. The van der Waals surface area contributed by atoms with Gasteiger partial charge in [-0.3, -0.25) is 0 Å². The quantitative estimate of drug-likeness (QED) is 0.759. The fourth-order valence-electron chi connectivity index (χ4n) is 3.30. The van der Waals surface area contributed by atoms with E-state index in [1.165, 1.54) is 32.1 Å². The third kappa shape index (κ3) is 4.29. The summed E-state index contributed by atoms with van der Waals surface area (Å²) in [7, 11) is 1.60. The van der Waals surface area contributed by atoms with Crippen LogP contribution in [0.1, 0.15) is 44.9 Å². The molecule has 0 aromatic rings. The SMILES string of the molecule is COC1CC(CO)O[C@H](C/C=C/C2CCCCC2)C1O. The second-order valence-corrected chi connectivity index (χ2v) is 6.04. The molecule has 2 aliphatic rings. The van der Waals surface area contributed by atoms with Gasteiger partial charge in [0.2, 0.25) is 0 Å². The van der Waals surface area contributed by atoms with Crippen molar-refractivity contribution in [3.05, 3.63) is 12.2 Å². The van der Waals surface area contributed by atoms with E-state index in [1.54, 1.807) is 7.11 Å². The van der Waals surface area contributed by atoms with Gasteiger partial charge in [0, 0.05) is 13.5 Å². The highest BCUT2D eigenvalue weighted by atomic mass is 16.5. The molecule has 20 heavy (non-hydrogen) atoms. The molecule has 2 fully saturated rings. The first-order valence-electron chi connectivity index (χ1n) is 7.88. The minimum Gasteiger partial charge on any atom is -0.394 e. The van der Waals surface area contributed by atoms with Gasteiger partial charge in [0.25, 0.3) is 0 Å². The van der Waals surface area contributed by atoms with Crippen LogP contribution in [0, 0.1) is 5.92 Å². The molecule has 1 aliphatic heterocycles. The molecule has 2 N–H and O–H groups in total. The van der Waals surface area contributed by atoms with E-state index in [0.29, 0.717) is 18.8 Å². The van der Waals surface area contributed by atoms with E-state index in [4.69, 9.17) is 9.47 Å². The molecule has 1 saturated carbocycles. The van der Waals surface area contributed by atoms with Crippen molar-refractivity contribution < 1.29 is 19.7 Å². The summed E-state index contributed by atoms with van der Waals surface area (Å²) < 4.78 is 11.0. The summed E-state index contributed by atoms with van der Waals surface area (Å²) in [6.07, 6.45) is 10.9. The minimum absolute atomic E-state index is 0.0184. The molecule has 4 atom stereocenters. The van der Waals surface area contributed by atoms with Crippen LogP contribution in [0.2, 0.25) is 0 Å². The largest absolute Gasteiger partial charge is 0.394 e. The smallest absolute Gasteiger partial charge is 0.107 e. The average molecular weight is 284 g/mol.